The second-order valence-electron chi connectivity index (χ2n) is 8.23. The molecule has 0 radical (unpaired) electrons. The zero-order valence-corrected chi connectivity index (χ0v) is 20.7. The number of alkyl halides is 12. The maximum absolute atomic E-state index is 14.9. The third-order valence-corrected chi connectivity index (χ3v) is 5.51. The van der Waals surface area contributed by atoms with Gasteiger partial charge in [-0.1, -0.05) is 17.7 Å². The van der Waals surface area contributed by atoms with E-state index in [2.05, 4.69) is 0 Å². The number of hydrogen-bond donors (Lipinski definition) is 2. The van der Waals surface area contributed by atoms with E-state index < -0.39 is 106 Å². The Morgan fingerprint density at radius 3 is 1.90 bits per heavy atom. The predicted molar refractivity (Wildman–Crippen MR) is 117 cm³/mol. The van der Waals surface area contributed by atoms with Crippen molar-refractivity contribution >= 4 is 29.2 Å². The molecule has 19 heteroatoms. The van der Waals surface area contributed by atoms with Crippen molar-refractivity contribution in [1.29, 1.82) is 0 Å². The van der Waals surface area contributed by atoms with E-state index >= 15 is 0 Å². The molecule has 0 fully saturated rings. The molecular weight excluding hydrogens is 638 g/mol. The number of benzene rings is 2. The maximum atomic E-state index is 14.9. The van der Waals surface area contributed by atoms with E-state index in [4.69, 9.17) is 11.6 Å². The van der Waals surface area contributed by atoms with Crippen LogP contribution in [-0.4, -0.2) is 37.3 Å². The Kier molecular flexibility index (Phi) is 10.2. The highest BCUT2D eigenvalue weighted by molar-refractivity contribution is 6.31. The van der Waals surface area contributed by atoms with Gasteiger partial charge in [0.2, 0.25) is 5.91 Å². The van der Waals surface area contributed by atoms with Crippen molar-refractivity contribution in [3.63, 3.8) is 0 Å². The smallest absolute Gasteiger partial charge is 0.345 e. The molecule has 0 aromatic heterocycles. The van der Waals surface area contributed by atoms with Gasteiger partial charge in [0.1, 0.15) is 24.1 Å². The maximum Gasteiger partial charge on any atom is 0.417 e. The van der Waals surface area contributed by atoms with E-state index in [1.165, 1.54) is 5.32 Å². The number of rotatable bonds is 7. The fourth-order valence-corrected chi connectivity index (χ4v) is 3.48. The van der Waals surface area contributed by atoms with E-state index in [0.717, 1.165) is 0 Å². The minimum Gasteiger partial charge on any atom is -0.345 e. The Labute approximate surface area is 230 Å². The van der Waals surface area contributed by atoms with Gasteiger partial charge in [0, 0.05) is 5.56 Å². The van der Waals surface area contributed by atoms with E-state index in [-0.39, 0.29) is 24.3 Å². The van der Waals surface area contributed by atoms with Crippen LogP contribution < -0.4 is 10.6 Å². The van der Waals surface area contributed by atoms with Gasteiger partial charge >= 0.3 is 24.7 Å². The zero-order valence-electron chi connectivity index (χ0n) is 19.9. The average Bonchev–Trinajstić information content (AvgIpc) is 2.83. The van der Waals surface area contributed by atoms with E-state index in [1.807, 2.05) is 0 Å². The van der Waals surface area contributed by atoms with Gasteiger partial charge in [-0.05, 0) is 35.9 Å². The van der Waals surface area contributed by atoms with Crippen molar-refractivity contribution in [1.82, 2.24) is 10.6 Å². The molecule has 1 atom stereocenters. The Morgan fingerprint density at radius 1 is 0.833 bits per heavy atom. The summed E-state index contributed by atoms with van der Waals surface area (Å²) in [6.07, 6.45) is -21.8. The predicted octanol–water partition coefficient (Wildman–Crippen LogP) is 7.58. The number of hydrogen-bond acceptors (Lipinski definition) is 2. The topological polar surface area (TPSA) is 58.2 Å². The monoisotopic (exact) mass is 650 g/mol. The molecule has 1 unspecified atom stereocenters. The molecule has 2 amide bonds. The number of carbonyl (C=O) groups is 2. The molecule has 4 nitrogen and oxygen atoms in total. The van der Waals surface area contributed by atoms with Crippen LogP contribution in [0.15, 0.2) is 36.4 Å². The fourth-order valence-electron chi connectivity index (χ4n) is 3.26. The van der Waals surface area contributed by atoms with Gasteiger partial charge in [0.05, 0.1) is 28.3 Å². The lowest BCUT2D eigenvalue weighted by Gasteiger charge is -2.20. The number of halogens is 15. The van der Waals surface area contributed by atoms with Crippen LogP contribution in [0.5, 0.6) is 0 Å². The van der Waals surface area contributed by atoms with Gasteiger partial charge in [-0.15, -0.1) is 0 Å². The quantitative estimate of drug-likeness (QED) is 0.304. The molecule has 2 aromatic rings. The summed E-state index contributed by atoms with van der Waals surface area (Å²) in [4.78, 5) is 23.5. The lowest BCUT2D eigenvalue weighted by molar-refractivity contribution is -0.142. The lowest BCUT2D eigenvalue weighted by atomic mass is 9.94. The van der Waals surface area contributed by atoms with Crippen LogP contribution in [0.2, 0.25) is 5.02 Å². The molecule has 0 aliphatic carbocycles. The fraction of sp³-hybridized carbons (Fsp3) is 0.304. The van der Waals surface area contributed by atoms with Crippen LogP contribution in [0.25, 0.3) is 5.83 Å². The van der Waals surface area contributed by atoms with Gasteiger partial charge in [-0.2, -0.15) is 52.7 Å². The summed E-state index contributed by atoms with van der Waals surface area (Å²) in [5.74, 6) is -10.5. The zero-order chi connectivity index (χ0) is 32.4. The Balaban J connectivity index is 2.49. The third kappa shape index (κ3) is 9.22. The number of amides is 2. The first-order valence-corrected chi connectivity index (χ1v) is 11.1. The van der Waals surface area contributed by atoms with Crippen LogP contribution in [0, 0.1) is 5.82 Å². The summed E-state index contributed by atoms with van der Waals surface area (Å²) in [6.45, 7) is -3.05. The van der Waals surface area contributed by atoms with Gasteiger partial charge < -0.3 is 10.6 Å². The molecule has 0 heterocycles. The van der Waals surface area contributed by atoms with Crippen LogP contribution in [0.1, 0.15) is 38.5 Å². The molecule has 0 aliphatic heterocycles. The highest BCUT2D eigenvalue weighted by atomic mass is 35.5. The second-order valence-corrected chi connectivity index (χ2v) is 8.61. The van der Waals surface area contributed by atoms with Crippen LogP contribution in [-0.2, 0) is 17.1 Å². The standard InChI is InChI=1S/C23H13ClF14N2O2/c24-18-14(23(36,37)38)4-10(5-16(18)26)12(21(30,31)32)6-15(25)9-1-2-11(13(3-9)22(33,34)35)19(42)39-7-17(41)40-8-20(27,28)29/h1-6,12H,7-8H2,(H,39,42)(H,40,41)/b15-6-. The molecule has 0 bridgehead atoms. The molecular formula is C23H13ClF14N2O2. The Hall–Kier alpha value is -3.57. The van der Waals surface area contributed by atoms with Crippen molar-refractivity contribution in [2.75, 3.05) is 13.1 Å². The van der Waals surface area contributed by atoms with Crippen molar-refractivity contribution in [2.24, 2.45) is 0 Å². The number of allylic oxidation sites excluding steroid dienone is 1. The van der Waals surface area contributed by atoms with Crippen molar-refractivity contribution < 1.29 is 71.1 Å². The van der Waals surface area contributed by atoms with Crippen molar-refractivity contribution in [3.8, 4) is 0 Å². The SMILES string of the molecule is O=C(CNC(=O)c1ccc(/C(F)=C/C(c2cc(F)c(Cl)c(C(F)(F)F)c2)C(F)(F)F)cc1C(F)(F)F)NCC(F)(F)F. The van der Waals surface area contributed by atoms with E-state index in [9.17, 15) is 71.1 Å². The summed E-state index contributed by atoms with van der Waals surface area (Å²) < 4.78 is 186. The molecule has 42 heavy (non-hydrogen) atoms. The third-order valence-electron chi connectivity index (χ3n) is 5.12. The average molecular weight is 651 g/mol. The van der Waals surface area contributed by atoms with Crippen molar-refractivity contribution in [2.45, 2.75) is 30.6 Å². The molecule has 232 valence electrons. The van der Waals surface area contributed by atoms with Gasteiger partial charge in [0.15, 0.2) is 0 Å². The molecule has 0 spiro atoms. The highest BCUT2D eigenvalue weighted by Gasteiger charge is 2.43. The normalized spacial score (nSPS) is 14.0. The number of carbonyl (C=O) groups excluding carboxylic acids is 2. The van der Waals surface area contributed by atoms with E-state index in [0.29, 0.717) is 6.07 Å². The molecule has 2 rings (SSSR count). The van der Waals surface area contributed by atoms with Crippen molar-refractivity contribution in [3.05, 3.63) is 75.1 Å². The summed E-state index contributed by atoms with van der Waals surface area (Å²) in [5.41, 5.74) is -8.06. The van der Waals surface area contributed by atoms with E-state index in [1.54, 1.807) is 5.32 Å². The highest BCUT2D eigenvalue weighted by Crippen LogP contribution is 2.43. The second kappa shape index (κ2) is 12.3. The summed E-state index contributed by atoms with van der Waals surface area (Å²) in [7, 11) is 0. The minimum atomic E-state index is -5.60. The Bertz CT molecular complexity index is 1360. The molecule has 2 N–H and O–H groups in total. The summed E-state index contributed by atoms with van der Waals surface area (Å²) in [6, 6.07) is 0.213. The minimum absolute atomic E-state index is 0.0705. The summed E-state index contributed by atoms with van der Waals surface area (Å²) in [5, 5.41) is 1.32. The summed E-state index contributed by atoms with van der Waals surface area (Å²) >= 11 is 5.17. The first-order chi connectivity index (χ1) is 18.9. The van der Waals surface area contributed by atoms with Crippen LogP contribution in [0.4, 0.5) is 61.5 Å². The van der Waals surface area contributed by atoms with Crippen LogP contribution in [0.3, 0.4) is 0 Å². The number of nitrogens with one attached hydrogen (secondary N) is 2. The van der Waals surface area contributed by atoms with Gasteiger partial charge in [-0.3, -0.25) is 9.59 Å². The Morgan fingerprint density at radius 2 is 1.40 bits per heavy atom. The van der Waals surface area contributed by atoms with Gasteiger partial charge in [0.25, 0.3) is 5.91 Å². The lowest BCUT2D eigenvalue weighted by Crippen LogP contribution is -2.41. The van der Waals surface area contributed by atoms with Gasteiger partial charge in [-0.25, -0.2) is 8.78 Å². The largest absolute Gasteiger partial charge is 0.417 e. The molecule has 0 saturated heterocycles. The van der Waals surface area contributed by atoms with Crippen LogP contribution >= 0.6 is 11.6 Å². The first kappa shape index (κ1) is 34.6. The first-order valence-electron chi connectivity index (χ1n) is 10.7. The molecule has 0 saturated carbocycles. The molecule has 0 aliphatic rings. The molecule has 2 aromatic carbocycles.